The highest BCUT2D eigenvalue weighted by Crippen LogP contribution is 2.21. The standard InChI is InChI=1S/C21H23N3O4S/c1-3-27-18-8-6-17(7-9-18)20-12-13-21(24-23-20)28-15-14-22-29(25,26)19-10-4-16(2)5-11-19/h4-13,22H,3,14-15H2,1-2H3. The van der Waals surface area contributed by atoms with E-state index in [1.54, 1.807) is 36.4 Å². The number of aryl methyl sites for hydroxylation is 1. The first kappa shape index (κ1) is 20.8. The first-order valence-corrected chi connectivity index (χ1v) is 10.7. The Hall–Kier alpha value is -2.97. The van der Waals surface area contributed by atoms with Gasteiger partial charge in [0.1, 0.15) is 12.4 Å². The number of nitrogens with zero attached hydrogens (tertiary/aromatic N) is 2. The fourth-order valence-corrected chi connectivity index (χ4v) is 3.59. The summed E-state index contributed by atoms with van der Waals surface area (Å²) in [5, 5.41) is 8.19. The third-order valence-corrected chi connectivity index (χ3v) is 5.55. The molecule has 1 aromatic heterocycles. The molecule has 0 amide bonds. The van der Waals surface area contributed by atoms with Gasteiger partial charge in [0.25, 0.3) is 0 Å². The van der Waals surface area contributed by atoms with Crippen molar-refractivity contribution in [2.75, 3.05) is 19.8 Å². The van der Waals surface area contributed by atoms with Crippen molar-refractivity contribution >= 4 is 10.0 Å². The smallest absolute Gasteiger partial charge is 0.240 e. The molecular weight excluding hydrogens is 390 g/mol. The minimum atomic E-state index is -3.56. The lowest BCUT2D eigenvalue weighted by molar-refractivity contribution is 0.307. The lowest BCUT2D eigenvalue weighted by atomic mass is 10.1. The Morgan fingerprint density at radius 1 is 0.897 bits per heavy atom. The predicted molar refractivity (Wildman–Crippen MR) is 110 cm³/mol. The van der Waals surface area contributed by atoms with Crippen molar-refractivity contribution in [3.63, 3.8) is 0 Å². The molecule has 29 heavy (non-hydrogen) atoms. The zero-order valence-electron chi connectivity index (χ0n) is 16.3. The van der Waals surface area contributed by atoms with Crippen molar-refractivity contribution in [2.24, 2.45) is 0 Å². The maximum atomic E-state index is 12.2. The Bertz CT molecular complexity index is 1020. The van der Waals surface area contributed by atoms with Gasteiger partial charge in [-0.1, -0.05) is 17.7 Å². The van der Waals surface area contributed by atoms with Crippen LogP contribution in [0.3, 0.4) is 0 Å². The topological polar surface area (TPSA) is 90.4 Å². The van der Waals surface area contributed by atoms with E-state index in [-0.39, 0.29) is 18.0 Å². The number of sulfonamides is 1. The van der Waals surface area contributed by atoms with Gasteiger partial charge in [-0.05, 0) is 56.3 Å². The molecule has 8 heteroatoms. The minimum Gasteiger partial charge on any atom is -0.494 e. The third kappa shape index (κ3) is 5.75. The Labute approximate surface area is 170 Å². The van der Waals surface area contributed by atoms with Gasteiger partial charge in [-0.3, -0.25) is 0 Å². The summed E-state index contributed by atoms with van der Waals surface area (Å²) in [5.41, 5.74) is 2.62. The highest BCUT2D eigenvalue weighted by molar-refractivity contribution is 7.89. The third-order valence-electron chi connectivity index (χ3n) is 4.08. The van der Waals surface area contributed by atoms with E-state index < -0.39 is 10.0 Å². The molecule has 0 atom stereocenters. The fourth-order valence-electron chi connectivity index (χ4n) is 2.57. The van der Waals surface area contributed by atoms with Crippen molar-refractivity contribution < 1.29 is 17.9 Å². The van der Waals surface area contributed by atoms with Crippen LogP contribution in [-0.2, 0) is 10.0 Å². The van der Waals surface area contributed by atoms with Gasteiger partial charge in [0.05, 0.1) is 17.2 Å². The maximum Gasteiger partial charge on any atom is 0.240 e. The maximum absolute atomic E-state index is 12.2. The first-order valence-electron chi connectivity index (χ1n) is 9.24. The van der Waals surface area contributed by atoms with Crippen molar-refractivity contribution in [1.29, 1.82) is 0 Å². The monoisotopic (exact) mass is 413 g/mol. The molecule has 3 aromatic rings. The van der Waals surface area contributed by atoms with Crippen LogP contribution in [0.1, 0.15) is 12.5 Å². The summed E-state index contributed by atoms with van der Waals surface area (Å²) in [6, 6.07) is 17.7. The Morgan fingerprint density at radius 2 is 1.62 bits per heavy atom. The number of ether oxygens (including phenoxy) is 2. The van der Waals surface area contributed by atoms with Crippen molar-refractivity contribution in [1.82, 2.24) is 14.9 Å². The molecule has 0 aliphatic carbocycles. The van der Waals surface area contributed by atoms with Gasteiger partial charge in [0.2, 0.25) is 15.9 Å². The van der Waals surface area contributed by atoms with E-state index in [2.05, 4.69) is 14.9 Å². The molecule has 2 aromatic carbocycles. The van der Waals surface area contributed by atoms with E-state index in [1.807, 2.05) is 38.1 Å². The van der Waals surface area contributed by atoms with Gasteiger partial charge in [-0.15, -0.1) is 10.2 Å². The molecule has 0 aliphatic heterocycles. The minimum absolute atomic E-state index is 0.124. The molecule has 0 saturated heterocycles. The SMILES string of the molecule is CCOc1ccc(-c2ccc(OCCNS(=O)(=O)c3ccc(C)cc3)nn2)cc1. The number of aromatic nitrogens is 2. The molecule has 0 saturated carbocycles. The molecular formula is C21H23N3O4S. The summed E-state index contributed by atoms with van der Waals surface area (Å²) >= 11 is 0. The van der Waals surface area contributed by atoms with Crippen LogP contribution < -0.4 is 14.2 Å². The molecule has 0 fully saturated rings. The van der Waals surface area contributed by atoms with Crippen LogP contribution in [0.4, 0.5) is 0 Å². The van der Waals surface area contributed by atoms with E-state index >= 15 is 0 Å². The van der Waals surface area contributed by atoms with Crippen molar-refractivity contribution in [3.05, 3.63) is 66.2 Å². The van der Waals surface area contributed by atoms with Gasteiger partial charge in [0, 0.05) is 18.2 Å². The lowest BCUT2D eigenvalue weighted by Gasteiger charge is -2.08. The van der Waals surface area contributed by atoms with E-state index in [0.29, 0.717) is 18.2 Å². The molecule has 7 nitrogen and oxygen atoms in total. The average molecular weight is 413 g/mol. The summed E-state index contributed by atoms with van der Waals surface area (Å²) in [5.74, 6) is 1.13. The number of hydrogen-bond acceptors (Lipinski definition) is 6. The van der Waals surface area contributed by atoms with Gasteiger partial charge in [-0.25, -0.2) is 13.1 Å². The molecule has 1 N–H and O–H groups in total. The van der Waals surface area contributed by atoms with Crippen LogP contribution in [0.2, 0.25) is 0 Å². The van der Waals surface area contributed by atoms with Crippen LogP contribution in [0.15, 0.2) is 65.6 Å². The molecule has 0 aliphatic rings. The Morgan fingerprint density at radius 3 is 2.24 bits per heavy atom. The Balaban J connectivity index is 1.50. The van der Waals surface area contributed by atoms with Crippen LogP contribution in [0.5, 0.6) is 11.6 Å². The highest BCUT2D eigenvalue weighted by Gasteiger charge is 2.12. The van der Waals surface area contributed by atoms with Gasteiger partial charge in [-0.2, -0.15) is 0 Å². The molecule has 0 unspecified atom stereocenters. The van der Waals surface area contributed by atoms with Crippen LogP contribution >= 0.6 is 0 Å². The van der Waals surface area contributed by atoms with E-state index in [9.17, 15) is 8.42 Å². The van der Waals surface area contributed by atoms with Crippen LogP contribution in [0.25, 0.3) is 11.3 Å². The number of benzene rings is 2. The van der Waals surface area contributed by atoms with Crippen LogP contribution in [0, 0.1) is 6.92 Å². The predicted octanol–water partition coefficient (Wildman–Crippen LogP) is 3.21. The van der Waals surface area contributed by atoms with E-state index in [1.165, 1.54) is 0 Å². The van der Waals surface area contributed by atoms with Gasteiger partial charge in [0.15, 0.2) is 0 Å². The lowest BCUT2D eigenvalue weighted by Crippen LogP contribution is -2.28. The number of hydrogen-bond donors (Lipinski definition) is 1. The van der Waals surface area contributed by atoms with Gasteiger partial charge >= 0.3 is 0 Å². The summed E-state index contributed by atoms with van der Waals surface area (Å²) in [6.07, 6.45) is 0. The van der Waals surface area contributed by atoms with Crippen molar-refractivity contribution in [2.45, 2.75) is 18.7 Å². The number of rotatable bonds is 9. The molecule has 0 spiro atoms. The van der Waals surface area contributed by atoms with E-state index in [0.717, 1.165) is 16.9 Å². The summed E-state index contributed by atoms with van der Waals surface area (Å²) in [6.45, 7) is 4.72. The Kier molecular flexibility index (Phi) is 6.79. The second kappa shape index (κ2) is 9.49. The molecule has 1 heterocycles. The summed E-state index contributed by atoms with van der Waals surface area (Å²) < 4.78 is 37.8. The van der Waals surface area contributed by atoms with Crippen molar-refractivity contribution in [3.8, 4) is 22.9 Å². The molecule has 152 valence electrons. The average Bonchev–Trinajstić information content (AvgIpc) is 2.73. The zero-order chi connectivity index (χ0) is 20.7. The highest BCUT2D eigenvalue weighted by atomic mass is 32.2. The van der Waals surface area contributed by atoms with Gasteiger partial charge < -0.3 is 9.47 Å². The summed E-state index contributed by atoms with van der Waals surface area (Å²) in [4.78, 5) is 0.225. The van der Waals surface area contributed by atoms with E-state index in [4.69, 9.17) is 9.47 Å². The number of nitrogens with one attached hydrogen (secondary N) is 1. The summed E-state index contributed by atoms with van der Waals surface area (Å²) in [7, 11) is -3.56. The second-order valence-corrected chi connectivity index (χ2v) is 8.04. The molecule has 0 bridgehead atoms. The zero-order valence-corrected chi connectivity index (χ0v) is 17.1. The molecule has 0 radical (unpaired) electrons. The largest absolute Gasteiger partial charge is 0.494 e. The first-order chi connectivity index (χ1) is 14.0. The quantitative estimate of drug-likeness (QED) is 0.542. The fraction of sp³-hybridized carbons (Fsp3) is 0.238. The van der Waals surface area contributed by atoms with Crippen LogP contribution in [-0.4, -0.2) is 38.4 Å². The normalized spacial score (nSPS) is 11.2. The second-order valence-electron chi connectivity index (χ2n) is 6.27. The molecule has 3 rings (SSSR count).